The van der Waals surface area contributed by atoms with Crippen LogP contribution >= 0.6 is 0 Å². The second-order valence-electron chi connectivity index (χ2n) is 5.58. The molecular weight excluding hydrogens is 303 g/mol. The zero-order chi connectivity index (χ0) is 16.2. The van der Waals surface area contributed by atoms with Gasteiger partial charge in [0, 0.05) is 19.6 Å². The number of nitrogens with zero attached hydrogens (tertiary/aromatic N) is 4. The highest BCUT2D eigenvalue weighted by Crippen LogP contribution is 2.20. The highest BCUT2D eigenvalue weighted by Gasteiger charge is 2.26. The normalized spacial score (nSPS) is 19.7. The van der Waals surface area contributed by atoms with Gasteiger partial charge in [0.05, 0.1) is 24.9 Å². The molecule has 0 spiro atoms. The van der Waals surface area contributed by atoms with Crippen LogP contribution in [0.5, 0.6) is 0 Å². The lowest BCUT2D eigenvalue weighted by Crippen LogP contribution is -2.37. The number of rotatable bonds is 5. The summed E-state index contributed by atoms with van der Waals surface area (Å²) in [5.74, 6) is -0.137. The minimum atomic E-state index is -0.379. The molecule has 1 aliphatic heterocycles. The molecule has 2 heterocycles. The van der Waals surface area contributed by atoms with Crippen LogP contribution in [-0.2, 0) is 16.0 Å². The summed E-state index contributed by atoms with van der Waals surface area (Å²) in [5, 5.41) is 7.76. The van der Waals surface area contributed by atoms with Gasteiger partial charge in [0.1, 0.15) is 5.82 Å². The molecule has 0 radical (unpaired) electrons. The molecule has 7 nitrogen and oxygen atoms in total. The Morgan fingerprint density at radius 3 is 2.83 bits per heavy atom. The van der Waals surface area contributed by atoms with Crippen molar-refractivity contribution in [2.45, 2.75) is 25.5 Å². The van der Waals surface area contributed by atoms with Crippen LogP contribution in [0.15, 0.2) is 29.1 Å². The Kier molecular flexibility index (Phi) is 4.82. The average Bonchev–Trinajstić information content (AvgIpc) is 2.95. The van der Waals surface area contributed by atoms with Gasteiger partial charge in [-0.25, -0.2) is 9.18 Å². The molecule has 0 N–H and O–H groups in total. The first-order chi connectivity index (χ1) is 11.2. The third kappa shape index (κ3) is 3.48. The number of halogens is 1. The fraction of sp³-hybridized carbons (Fsp3) is 0.533. The van der Waals surface area contributed by atoms with Gasteiger partial charge < -0.3 is 9.47 Å². The lowest BCUT2D eigenvalue weighted by atomic mass is 9.96. The van der Waals surface area contributed by atoms with E-state index >= 15 is 0 Å². The summed E-state index contributed by atoms with van der Waals surface area (Å²) in [7, 11) is 1.62. The Balaban J connectivity index is 1.78. The summed E-state index contributed by atoms with van der Waals surface area (Å²) in [6, 6.07) is 5.52. The van der Waals surface area contributed by atoms with Crippen LogP contribution in [0.1, 0.15) is 12.8 Å². The quantitative estimate of drug-likeness (QED) is 0.821. The van der Waals surface area contributed by atoms with E-state index in [4.69, 9.17) is 9.47 Å². The summed E-state index contributed by atoms with van der Waals surface area (Å²) in [6.07, 6.45) is 1.83. The van der Waals surface area contributed by atoms with Gasteiger partial charge in [0.15, 0.2) is 0 Å². The lowest BCUT2D eigenvalue weighted by Gasteiger charge is -2.28. The van der Waals surface area contributed by atoms with Crippen molar-refractivity contribution in [1.82, 2.24) is 19.8 Å². The third-order valence-corrected chi connectivity index (χ3v) is 4.09. The first-order valence-corrected chi connectivity index (χ1v) is 7.58. The Hall–Kier alpha value is -2.06. The van der Waals surface area contributed by atoms with E-state index in [1.54, 1.807) is 7.11 Å². The monoisotopic (exact) mass is 322 g/mol. The van der Waals surface area contributed by atoms with Crippen molar-refractivity contribution >= 4 is 0 Å². The molecule has 1 aromatic carbocycles. The molecule has 1 aliphatic rings. The maximum atomic E-state index is 13.0. The van der Waals surface area contributed by atoms with Crippen molar-refractivity contribution in [3.05, 3.63) is 40.6 Å². The van der Waals surface area contributed by atoms with E-state index in [0.29, 0.717) is 18.8 Å². The highest BCUT2D eigenvalue weighted by molar-refractivity contribution is 5.29. The maximum absolute atomic E-state index is 13.0. The Bertz CT molecular complexity index is 691. The molecule has 1 aromatic heterocycles. The largest absolute Gasteiger partial charge is 0.381 e. The van der Waals surface area contributed by atoms with Gasteiger partial charge >= 0.3 is 5.69 Å². The van der Waals surface area contributed by atoms with Crippen LogP contribution < -0.4 is 5.69 Å². The third-order valence-electron chi connectivity index (χ3n) is 4.09. The molecule has 8 heteroatoms. The average molecular weight is 322 g/mol. The number of methoxy groups -OCH3 is 1. The first kappa shape index (κ1) is 15.8. The SMILES string of the molecule is COC(Cn1nnn(-c2ccc(F)cc2)c1=O)C1CCCOC1. The van der Waals surface area contributed by atoms with Crippen LogP contribution in [0.4, 0.5) is 4.39 Å². The van der Waals surface area contributed by atoms with E-state index in [-0.39, 0.29) is 23.5 Å². The molecule has 1 fully saturated rings. The number of hydrogen-bond acceptors (Lipinski definition) is 5. The highest BCUT2D eigenvalue weighted by atomic mass is 19.1. The van der Waals surface area contributed by atoms with Crippen LogP contribution in [-0.4, -0.2) is 46.2 Å². The van der Waals surface area contributed by atoms with Crippen molar-refractivity contribution in [3.8, 4) is 5.69 Å². The number of aromatic nitrogens is 4. The number of tetrazole rings is 1. The second-order valence-corrected chi connectivity index (χ2v) is 5.58. The fourth-order valence-electron chi connectivity index (χ4n) is 2.78. The Morgan fingerprint density at radius 2 is 2.17 bits per heavy atom. The molecule has 2 aromatic rings. The van der Waals surface area contributed by atoms with Gasteiger partial charge in [0.25, 0.3) is 0 Å². The molecule has 23 heavy (non-hydrogen) atoms. The van der Waals surface area contributed by atoms with Crippen molar-refractivity contribution < 1.29 is 13.9 Å². The molecule has 2 unspecified atom stereocenters. The van der Waals surface area contributed by atoms with E-state index in [2.05, 4.69) is 10.4 Å². The van der Waals surface area contributed by atoms with Crippen molar-refractivity contribution in [2.24, 2.45) is 5.92 Å². The number of hydrogen-bond donors (Lipinski definition) is 0. The van der Waals surface area contributed by atoms with Crippen LogP contribution in [0, 0.1) is 11.7 Å². The van der Waals surface area contributed by atoms with Crippen LogP contribution in [0.3, 0.4) is 0 Å². The maximum Gasteiger partial charge on any atom is 0.368 e. The van der Waals surface area contributed by atoms with Gasteiger partial charge in [-0.05, 0) is 47.5 Å². The van der Waals surface area contributed by atoms with E-state index in [9.17, 15) is 9.18 Å². The molecule has 124 valence electrons. The summed E-state index contributed by atoms with van der Waals surface area (Å²) in [6.45, 7) is 1.71. The van der Waals surface area contributed by atoms with Gasteiger partial charge in [0.2, 0.25) is 0 Å². The smallest absolute Gasteiger partial charge is 0.368 e. The van der Waals surface area contributed by atoms with E-state index in [1.165, 1.54) is 28.9 Å². The predicted molar refractivity (Wildman–Crippen MR) is 79.9 cm³/mol. The molecule has 2 atom stereocenters. The van der Waals surface area contributed by atoms with Crippen LogP contribution in [0.2, 0.25) is 0 Å². The van der Waals surface area contributed by atoms with Crippen molar-refractivity contribution in [3.63, 3.8) is 0 Å². The van der Waals surface area contributed by atoms with Gasteiger partial charge in [-0.3, -0.25) is 0 Å². The second kappa shape index (κ2) is 7.01. The molecular formula is C15H19FN4O3. The van der Waals surface area contributed by atoms with E-state index in [1.807, 2.05) is 0 Å². The summed E-state index contributed by atoms with van der Waals surface area (Å²) in [5.41, 5.74) is 0.0907. The summed E-state index contributed by atoms with van der Waals surface area (Å²) in [4.78, 5) is 12.4. The molecule has 1 saturated heterocycles. The fourth-order valence-corrected chi connectivity index (χ4v) is 2.78. The molecule has 3 rings (SSSR count). The van der Waals surface area contributed by atoms with Gasteiger partial charge in [-0.15, -0.1) is 0 Å². The van der Waals surface area contributed by atoms with Crippen molar-refractivity contribution in [1.29, 1.82) is 0 Å². The molecule has 0 saturated carbocycles. The minimum Gasteiger partial charge on any atom is -0.381 e. The zero-order valence-electron chi connectivity index (χ0n) is 12.9. The topological polar surface area (TPSA) is 71.2 Å². The van der Waals surface area contributed by atoms with Gasteiger partial charge in [-0.2, -0.15) is 9.36 Å². The van der Waals surface area contributed by atoms with Gasteiger partial charge in [-0.1, -0.05) is 0 Å². The Labute approximate surface area is 132 Å². The summed E-state index contributed by atoms with van der Waals surface area (Å²) >= 11 is 0. The van der Waals surface area contributed by atoms with E-state index < -0.39 is 0 Å². The molecule has 0 aliphatic carbocycles. The lowest BCUT2D eigenvalue weighted by molar-refractivity contribution is -0.0369. The Morgan fingerprint density at radius 1 is 1.39 bits per heavy atom. The minimum absolute atomic E-state index is 0.161. The standard InChI is InChI=1S/C15H19FN4O3/c1-22-14(11-3-2-8-23-10-11)9-19-15(21)20(18-17-19)13-6-4-12(16)5-7-13/h4-7,11,14H,2-3,8-10H2,1H3. The number of ether oxygens (including phenoxy) is 2. The summed E-state index contributed by atoms with van der Waals surface area (Å²) < 4.78 is 26.4. The number of benzene rings is 1. The van der Waals surface area contributed by atoms with Crippen molar-refractivity contribution in [2.75, 3.05) is 20.3 Å². The van der Waals surface area contributed by atoms with Crippen LogP contribution in [0.25, 0.3) is 5.69 Å². The molecule has 0 bridgehead atoms. The zero-order valence-corrected chi connectivity index (χ0v) is 12.9. The van der Waals surface area contributed by atoms with E-state index in [0.717, 1.165) is 24.1 Å². The molecule has 0 amide bonds. The predicted octanol–water partition coefficient (Wildman–Crippen LogP) is 1.01. The first-order valence-electron chi connectivity index (χ1n) is 7.58.